The van der Waals surface area contributed by atoms with Crippen molar-refractivity contribution in [2.75, 3.05) is 0 Å². The highest BCUT2D eigenvalue weighted by atomic mass is 16.1. The predicted molar refractivity (Wildman–Crippen MR) is 64.6 cm³/mol. The predicted octanol–water partition coefficient (Wildman–Crippen LogP) is 2.89. The molecule has 0 aliphatic carbocycles. The zero-order valence-corrected chi connectivity index (χ0v) is 9.90. The highest BCUT2D eigenvalue weighted by Crippen LogP contribution is 2.11. The lowest BCUT2D eigenvalue weighted by Crippen LogP contribution is -2.09. The van der Waals surface area contributed by atoms with Gasteiger partial charge in [-0.05, 0) is 12.5 Å². The lowest BCUT2D eigenvalue weighted by Gasteiger charge is -2.02. The van der Waals surface area contributed by atoms with Crippen molar-refractivity contribution in [2.45, 2.75) is 32.6 Å². The van der Waals surface area contributed by atoms with Crippen molar-refractivity contribution in [1.29, 1.82) is 5.26 Å². The van der Waals surface area contributed by atoms with E-state index in [1.807, 2.05) is 13.0 Å². The molecule has 3 heteroatoms. The molecule has 0 bridgehead atoms. The number of unbranched alkanes of at least 4 members (excludes halogenated alkanes) is 1. The quantitative estimate of drug-likeness (QED) is 0.556. The largest absolute Gasteiger partial charge is 0.299 e. The summed E-state index contributed by atoms with van der Waals surface area (Å²) in [6.45, 7) is 2.00. The van der Waals surface area contributed by atoms with E-state index >= 15 is 0 Å². The maximum atomic E-state index is 11.8. The molecular formula is C14H15NO2. The Morgan fingerprint density at radius 2 is 2.00 bits per heavy atom. The third-order valence-corrected chi connectivity index (χ3v) is 2.51. The van der Waals surface area contributed by atoms with Gasteiger partial charge in [0.25, 0.3) is 0 Å². The van der Waals surface area contributed by atoms with E-state index in [2.05, 4.69) is 0 Å². The van der Waals surface area contributed by atoms with Crippen LogP contribution in [0.25, 0.3) is 0 Å². The molecule has 0 saturated carbocycles. The first kappa shape index (κ1) is 13.1. The lowest BCUT2D eigenvalue weighted by atomic mass is 9.99. The van der Waals surface area contributed by atoms with Crippen molar-refractivity contribution >= 4 is 11.6 Å². The zero-order valence-electron chi connectivity index (χ0n) is 9.90. The van der Waals surface area contributed by atoms with E-state index in [9.17, 15) is 9.59 Å². The molecule has 0 heterocycles. The number of hydrogen-bond acceptors (Lipinski definition) is 3. The van der Waals surface area contributed by atoms with E-state index in [1.165, 1.54) is 0 Å². The van der Waals surface area contributed by atoms with Gasteiger partial charge in [0.05, 0.1) is 18.1 Å². The molecule has 88 valence electrons. The van der Waals surface area contributed by atoms with E-state index in [0.29, 0.717) is 17.5 Å². The fourth-order valence-corrected chi connectivity index (χ4v) is 1.56. The van der Waals surface area contributed by atoms with Crippen molar-refractivity contribution in [2.24, 2.45) is 0 Å². The van der Waals surface area contributed by atoms with Crippen LogP contribution in [0, 0.1) is 11.3 Å². The minimum absolute atomic E-state index is 0.0513. The van der Waals surface area contributed by atoms with Crippen LogP contribution in [0.15, 0.2) is 24.3 Å². The highest BCUT2D eigenvalue weighted by Gasteiger charge is 2.14. The molecule has 0 aliphatic rings. The summed E-state index contributed by atoms with van der Waals surface area (Å²) in [6, 6.07) is 8.54. The first-order valence-corrected chi connectivity index (χ1v) is 5.73. The van der Waals surface area contributed by atoms with Crippen LogP contribution in [0.4, 0.5) is 0 Å². The Labute approximate surface area is 101 Å². The van der Waals surface area contributed by atoms with E-state index in [1.54, 1.807) is 24.3 Å². The summed E-state index contributed by atoms with van der Waals surface area (Å²) < 4.78 is 0. The molecule has 17 heavy (non-hydrogen) atoms. The monoisotopic (exact) mass is 229 g/mol. The molecule has 0 radical (unpaired) electrons. The molecule has 1 aromatic carbocycles. The number of carbonyl (C=O) groups excluding carboxylic acids is 2. The Kier molecular flexibility index (Phi) is 5.09. The van der Waals surface area contributed by atoms with Crippen molar-refractivity contribution in [3.05, 3.63) is 35.4 Å². The highest BCUT2D eigenvalue weighted by molar-refractivity contribution is 6.09. The van der Waals surface area contributed by atoms with E-state index in [-0.39, 0.29) is 18.0 Å². The van der Waals surface area contributed by atoms with Gasteiger partial charge >= 0.3 is 0 Å². The van der Waals surface area contributed by atoms with E-state index in [4.69, 9.17) is 5.26 Å². The van der Waals surface area contributed by atoms with Gasteiger partial charge in [-0.25, -0.2) is 0 Å². The second-order valence-electron chi connectivity index (χ2n) is 3.90. The molecule has 0 amide bonds. The Morgan fingerprint density at radius 3 is 2.65 bits per heavy atom. The van der Waals surface area contributed by atoms with Gasteiger partial charge in [0, 0.05) is 12.0 Å². The summed E-state index contributed by atoms with van der Waals surface area (Å²) >= 11 is 0. The van der Waals surface area contributed by atoms with Crippen molar-refractivity contribution in [3.8, 4) is 6.07 Å². The molecule has 0 unspecified atom stereocenters. The van der Waals surface area contributed by atoms with Gasteiger partial charge in [0.15, 0.2) is 5.78 Å². The average molecular weight is 229 g/mol. The maximum absolute atomic E-state index is 11.8. The molecule has 0 aliphatic heterocycles. The number of benzene rings is 1. The molecule has 0 N–H and O–H groups in total. The summed E-state index contributed by atoms with van der Waals surface area (Å²) in [5.41, 5.74) is 0.681. The van der Waals surface area contributed by atoms with Crippen LogP contribution < -0.4 is 0 Å². The van der Waals surface area contributed by atoms with Crippen LogP contribution in [0.1, 0.15) is 48.5 Å². The van der Waals surface area contributed by atoms with Crippen LogP contribution in [-0.2, 0) is 4.79 Å². The topological polar surface area (TPSA) is 57.9 Å². The molecule has 3 nitrogen and oxygen atoms in total. The SMILES string of the molecule is CCCCC(=O)CC(=O)c1ccccc1C#N. The number of rotatable bonds is 6. The van der Waals surface area contributed by atoms with Crippen LogP contribution >= 0.6 is 0 Å². The van der Waals surface area contributed by atoms with Gasteiger partial charge < -0.3 is 0 Å². The normalized spacial score (nSPS) is 9.65. The van der Waals surface area contributed by atoms with Gasteiger partial charge in [-0.1, -0.05) is 31.5 Å². The molecule has 0 saturated heterocycles. The molecule has 0 spiro atoms. The number of Topliss-reactive ketones (excluding diaryl/α,β-unsaturated/α-hetero) is 2. The second-order valence-corrected chi connectivity index (χ2v) is 3.90. The minimum atomic E-state index is -0.261. The van der Waals surface area contributed by atoms with E-state index < -0.39 is 0 Å². The van der Waals surface area contributed by atoms with Crippen molar-refractivity contribution in [3.63, 3.8) is 0 Å². The van der Waals surface area contributed by atoms with Crippen LogP contribution in [-0.4, -0.2) is 11.6 Å². The lowest BCUT2D eigenvalue weighted by molar-refractivity contribution is -0.118. The third kappa shape index (κ3) is 3.84. The standard InChI is InChI=1S/C14H15NO2/c1-2-3-7-12(16)9-14(17)13-8-5-4-6-11(13)10-15/h4-6,8H,2-3,7,9H2,1H3. The third-order valence-electron chi connectivity index (χ3n) is 2.51. The van der Waals surface area contributed by atoms with Gasteiger partial charge in [-0.15, -0.1) is 0 Å². The molecule has 0 atom stereocenters. The van der Waals surface area contributed by atoms with Gasteiger partial charge in [-0.2, -0.15) is 5.26 Å². The summed E-state index contributed by atoms with van der Waals surface area (Å²) in [5.74, 6) is -0.312. The van der Waals surface area contributed by atoms with Crippen LogP contribution in [0.3, 0.4) is 0 Å². The van der Waals surface area contributed by atoms with E-state index in [0.717, 1.165) is 12.8 Å². The molecule has 1 aromatic rings. The van der Waals surface area contributed by atoms with Crippen LogP contribution in [0.5, 0.6) is 0 Å². The number of nitriles is 1. The molecule has 1 rings (SSSR count). The van der Waals surface area contributed by atoms with Crippen LogP contribution in [0.2, 0.25) is 0 Å². The van der Waals surface area contributed by atoms with Gasteiger partial charge in [0.2, 0.25) is 0 Å². The molecule has 0 aromatic heterocycles. The summed E-state index contributed by atoms with van der Waals surface area (Å²) in [7, 11) is 0. The number of hydrogen-bond donors (Lipinski definition) is 0. The summed E-state index contributed by atoms with van der Waals surface area (Å²) in [5, 5.41) is 8.86. The second kappa shape index (κ2) is 6.59. The van der Waals surface area contributed by atoms with Gasteiger partial charge in [0.1, 0.15) is 5.78 Å². The Morgan fingerprint density at radius 1 is 1.29 bits per heavy atom. The minimum Gasteiger partial charge on any atom is -0.299 e. The number of carbonyl (C=O) groups is 2. The Bertz CT molecular complexity index is 458. The smallest absolute Gasteiger partial charge is 0.171 e. The first-order chi connectivity index (χ1) is 8.19. The summed E-state index contributed by atoms with van der Waals surface area (Å²) in [6.07, 6.45) is 2.09. The Hall–Kier alpha value is -1.95. The number of ketones is 2. The summed E-state index contributed by atoms with van der Waals surface area (Å²) in [4.78, 5) is 23.3. The van der Waals surface area contributed by atoms with Crippen molar-refractivity contribution < 1.29 is 9.59 Å². The molecular weight excluding hydrogens is 214 g/mol. The number of nitrogens with zero attached hydrogens (tertiary/aromatic N) is 1. The van der Waals surface area contributed by atoms with Gasteiger partial charge in [-0.3, -0.25) is 9.59 Å². The fourth-order valence-electron chi connectivity index (χ4n) is 1.56. The Balaban J connectivity index is 2.71. The fraction of sp³-hybridized carbons (Fsp3) is 0.357. The maximum Gasteiger partial charge on any atom is 0.171 e. The van der Waals surface area contributed by atoms with Crippen molar-refractivity contribution in [1.82, 2.24) is 0 Å². The average Bonchev–Trinajstić information content (AvgIpc) is 2.36. The first-order valence-electron chi connectivity index (χ1n) is 5.73. The zero-order chi connectivity index (χ0) is 12.7. The molecule has 0 fully saturated rings.